The average molecular weight is 1460 g/mol. The largest absolute Gasteiger partial charge is 0.387 e. The van der Waals surface area contributed by atoms with Gasteiger partial charge in [0.2, 0.25) is 0 Å². The Morgan fingerprint density at radius 2 is 0.192 bits per heavy atom. The van der Waals surface area contributed by atoms with E-state index < -0.39 is 336 Å². The van der Waals surface area contributed by atoms with Gasteiger partial charge >= 0.3 is 0 Å². The van der Waals surface area contributed by atoms with E-state index in [4.69, 9.17) is 85.3 Å². The van der Waals surface area contributed by atoms with E-state index in [9.17, 15) is 138 Å². The zero-order valence-corrected chi connectivity index (χ0v) is 51.8. The van der Waals surface area contributed by atoms with Crippen LogP contribution in [-0.2, 0) is 85.3 Å². The Labute approximate surface area is 558 Å². The Morgan fingerprint density at radius 3 is 0.273 bits per heavy atom. The van der Waals surface area contributed by atoms with Gasteiger partial charge in [0.1, 0.15) is 220 Å². The number of aliphatic hydroxyl groups excluding tert-OH is 27. The molecule has 0 aromatic carbocycles. The molecule has 99 heavy (non-hydrogen) atoms. The van der Waals surface area contributed by atoms with E-state index in [1.165, 1.54) is 0 Å². The minimum absolute atomic E-state index is 0.885. The van der Waals surface area contributed by atoms with Crippen LogP contribution in [0.15, 0.2) is 0 Å². The van der Waals surface area contributed by atoms with Gasteiger partial charge in [-0.15, -0.1) is 0 Å². The van der Waals surface area contributed by atoms with Gasteiger partial charge in [0.25, 0.3) is 0 Å². The molecular weight excluding hydrogens is 1370 g/mol. The molecule has 18 bridgehead atoms. The first kappa shape index (κ1) is 79.8. The third-order valence-corrected chi connectivity index (χ3v) is 18.8. The molecule has 27 N–H and O–H groups in total. The van der Waals surface area contributed by atoms with Gasteiger partial charge in [-0.3, -0.25) is 0 Å². The van der Waals surface area contributed by atoms with Crippen LogP contribution >= 0.6 is 0 Å². The van der Waals surface area contributed by atoms with Crippen molar-refractivity contribution in [1.29, 1.82) is 0 Å². The number of hydrogen-bond acceptors (Lipinski definition) is 45. The quantitative estimate of drug-likeness (QED) is 0.107. The summed E-state index contributed by atoms with van der Waals surface area (Å²) in [6.07, 6.45) is -89.0. The molecule has 10 saturated heterocycles. The summed E-state index contributed by atoms with van der Waals surface area (Å²) < 4.78 is 101. The number of aliphatic hydroxyl groups is 27. The van der Waals surface area contributed by atoms with Crippen LogP contribution in [-0.4, -0.2) is 474 Å². The molecule has 0 spiro atoms. The predicted octanol–water partition coefficient (Wildman–Crippen LogP) is -19.6. The average Bonchev–Trinajstić information content (AvgIpc) is 0.811. The maximum absolute atomic E-state index is 10.9. The fourth-order valence-electron chi connectivity index (χ4n) is 12.4. The van der Waals surface area contributed by atoms with Gasteiger partial charge in [0.05, 0.1) is 59.5 Å². The highest BCUT2D eigenvalue weighted by Crippen LogP contribution is 2.35. The van der Waals surface area contributed by atoms with Crippen LogP contribution < -0.4 is 0 Å². The molecule has 576 valence electrons. The van der Waals surface area contributed by atoms with Crippen molar-refractivity contribution < 1.29 is 223 Å². The van der Waals surface area contributed by atoms with Crippen LogP contribution in [0.5, 0.6) is 0 Å². The molecule has 0 unspecified atom stereocenters. The standard InChI is InChI=1S/C54H90O45/c55-19-10-1-82-46-37(73)29(65)20(56)11(92-46)2-84-48-39(75)31(67)22(58)13(94-48)4-86-50-41(77)33(69)24(60)15(96-50)6-88-52-43(79)35(71)26(62)17(98-52)8-90-54-45(81)36(72)27(63)18(99-54)9-89-53-44(80)34(70)25(61)16(97-53)7-87-51-42(78)32(68)23(59)14(95-51)5-85-49-40(76)30(66)21(57)12(93-49)3-83-47(91-10)38(74)28(19)64/h10-81H,1-9H2/t10-,11-,12-,13-,14-,15-,16-,17-,18-,19-,20-,21-,22-,23-,24-,25-,26-,27-,28+,29+,30+,31+,32+,33+,34+,35+,36+,37-,38-,39-,40-,41-,42-,43-,44-,45-,46+,47+,48+,49+,50+,51+,52+,53+,54+/m1/s1. The molecule has 45 atom stereocenters. The fraction of sp³-hybridized carbons (Fsp3) is 1.00. The summed E-state index contributed by atoms with van der Waals surface area (Å²) in [6.45, 7) is -7.96. The first-order valence-corrected chi connectivity index (χ1v) is 31.6. The van der Waals surface area contributed by atoms with E-state index >= 15 is 0 Å². The summed E-state index contributed by atoms with van der Waals surface area (Å²) in [4.78, 5) is 0. The molecule has 0 saturated carbocycles. The van der Waals surface area contributed by atoms with Crippen molar-refractivity contribution in [2.24, 2.45) is 0 Å². The van der Waals surface area contributed by atoms with E-state index in [0.29, 0.717) is 0 Å². The lowest BCUT2D eigenvalue weighted by molar-refractivity contribution is -0.354. The van der Waals surface area contributed by atoms with Crippen molar-refractivity contribution in [3.8, 4) is 0 Å². The summed E-state index contributed by atoms with van der Waals surface area (Å²) in [7, 11) is 0. The molecule has 45 nitrogen and oxygen atoms in total. The second-order valence-electron chi connectivity index (χ2n) is 25.6. The third-order valence-electron chi connectivity index (χ3n) is 18.8. The van der Waals surface area contributed by atoms with Crippen molar-refractivity contribution in [1.82, 2.24) is 0 Å². The number of rotatable bonds is 0. The van der Waals surface area contributed by atoms with Gasteiger partial charge in [-0.05, 0) is 0 Å². The van der Waals surface area contributed by atoms with Crippen LogP contribution in [0.4, 0.5) is 0 Å². The molecule has 10 fully saturated rings. The molecule has 0 aliphatic carbocycles. The highest BCUT2D eigenvalue weighted by atomic mass is 16.8. The monoisotopic (exact) mass is 1460 g/mol. The van der Waals surface area contributed by atoms with Crippen molar-refractivity contribution in [3.05, 3.63) is 0 Å². The second-order valence-corrected chi connectivity index (χ2v) is 25.6. The summed E-state index contributed by atoms with van der Waals surface area (Å²) in [6, 6.07) is 0. The molecule has 0 aromatic rings. The van der Waals surface area contributed by atoms with Crippen molar-refractivity contribution in [3.63, 3.8) is 0 Å². The van der Waals surface area contributed by atoms with Gasteiger partial charge < -0.3 is 223 Å². The molecule has 10 heterocycles. The molecule has 0 amide bonds. The molecule has 10 aliphatic rings. The Balaban J connectivity index is 0.850. The van der Waals surface area contributed by atoms with Crippen LogP contribution in [0.2, 0.25) is 0 Å². The Morgan fingerprint density at radius 1 is 0.111 bits per heavy atom. The van der Waals surface area contributed by atoms with Crippen molar-refractivity contribution >= 4 is 0 Å². The van der Waals surface area contributed by atoms with E-state index in [0.717, 1.165) is 0 Å². The normalized spacial score (nSPS) is 56.5. The number of ether oxygens (including phenoxy) is 18. The molecule has 45 heteroatoms. The minimum atomic E-state index is -2.10. The first-order chi connectivity index (χ1) is 46.8. The van der Waals surface area contributed by atoms with Gasteiger partial charge in [-0.25, -0.2) is 0 Å². The predicted molar refractivity (Wildman–Crippen MR) is 294 cm³/mol. The Kier molecular flexibility index (Phi) is 27.4. The van der Waals surface area contributed by atoms with E-state index in [-0.39, 0.29) is 0 Å². The fourth-order valence-corrected chi connectivity index (χ4v) is 12.4. The minimum Gasteiger partial charge on any atom is -0.387 e. The molecule has 0 aromatic heterocycles. The van der Waals surface area contributed by atoms with E-state index in [1.54, 1.807) is 0 Å². The molecule has 10 aliphatic heterocycles. The Hall–Kier alpha value is -1.80. The molecule has 10 rings (SSSR count). The third kappa shape index (κ3) is 17.1. The van der Waals surface area contributed by atoms with E-state index in [1.807, 2.05) is 0 Å². The summed E-state index contributed by atoms with van der Waals surface area (Å²) in [5, 5.41) is 294. The van der Waals surface area contributed by atoms with Crippen LogP contribution in [0, 0.1) is 0 Å². The summed E-state index contributed by atoms with van der Waals surface area (Å²) in [5.74, 6) is 0. The topological polar surface area (TPSA) is 712 Å². The zero-order valence-electron chi connectivity index (χ0n) is 51.8. The van der Waals surface area contributed by atoms with Gasteiger partial charge in [0.15, 0.2) is 56.6 Å². The number of hydrogen-bond donors (Lipinski definition) is 27. The summed E-state index contributed by atoms with van der Waals surface area (Å²) in [5.41, 5.74) is 0. The summed E-state index contributed by atoms with van der Waals surface area (Å²) >= 11 is 0. The van der Waals surface area contributed by atoms with Gasteiger partial charge in [0, 0.05) is 0 Å². The van der Waals surface area contributed by atoms with E-state index in [2.05, 4.69) is 0 Å². The lowest BCUT2D eigenvalue weighted by atomic mass is 9.97. The number of fused-ring (bicyclic) bond motifs is 18. The van der Waals surface area contributed by atoms with Crippen molar-refractivity contribution in [2.45, 2.75) is 276 Å². The van der Waals surface area contributed by atoms with Crippen LogP contribution in [0.25, 0.3) is 0 Å². The van der Waals surface area contributed by atoms with Crippen LogP contribution in [0.3, 0.4) is 0 Å². The second kappa shape index (κ2) is 34.0. The smallest absolute Gasteiger partial charge is 0.186 e. The molecule has 0 radical (unpaired) electrons. The zero-order chi connectivity index (χ0) is 72.1. The maximum atomic E-state index is 10.9. The highest BCUT2D eigenvalue weighted by molar-refractivity contribution is 4.99. The lowest BCUT2D eigenvalue weighted by Gasteiger charge is -2.45. The maximum Gasteiger partial charge on any atom is 0.186 e. The van der Waals surface area contributed by atoms with Crippen molar-refractivity contribution in [2.75, 3.05) is 59.5 Å². The van der Waals surface area contributed by atoms with Crippen LogP contribution in [0.1, 0.15) is 0 Å². The molecular formula is C54H90O45. The van der Waals surface area contributed by atoms with Gasteiger partial charge in [-0.1, -0.05) is 0 Å². The SMILES string of the molecule is O[C@@H]1[C@@H](O)[C@H]2OC[C@H]3O[C@H](OC[C@H]4O[C@H](OC[C@H]5O[C@H](OC[C@H]6O[C@H](OC[C@H]7O[C@H](OC[C@H]8O[C@H](OC[C@H]9O[C@H](OC[C@H]%10O[C@H](OC[C@@H](O2)[C@H]1O)[C@H](O)[C@@H](O)[C@@H]%10O)[C@H](O)[C@@H](O)[C@@H]9O)[C@H](O)[C@@H](O)[C@@H]8O)[C@H](O)[C@@H](O)[C@@H]7O)[C@H](O)[C@@H](O)[C@@H]6O)[C@H](O)[C@@H](O)[C@@H]5O)[C@H](O)[C@@H](O)[C@@H]4O)[C@H](O)[C@@H](O)[C@@H]3O. The van der Waals surface area contributed by atoms with Gasteiger partial charge in [-0.2, -0.15) is 0 Å². The lowest BCUT2D eigenvalue weighted by Crippen LogP contribution is -2.63. The highest BCUT2D eigenvalue weighted by Gasteiger charge is 2.56. The Bertz CT molecular complexity index is 1820. The first-order valence-electron chi connectivity index (χ1n) is 31.6.